The fraction of sp³-hybridized carbons (Fsp3) is 0.154. The minimum atomic E-state index is -0.660. The molecule has 0 bridgehead atoms. The summed E-state index contributed by atoms with van der Waals surface area (Å²) in [7, 11) is 1.86. The summed E-state index contributed by atoms with van der Waals surface area (Å²) in [5.74, 6) is 0.193. The molecule has 0 saturated heterocycles. The number of rotatable bonds is 8. The van der Waals surface area contributed by atoms with Gasteiger partial charge in [0.15, 0.2) is 0 Å². The van der Waals surface area contributed by atoms with Crippen LogP contribution in [0.3, 0.4) is 0 Å². The Balaban J connectivity index is 1.46. The number of anilines is 1. The number of aromatic nitrogens is 3. The number of nitrogens with zero attached hydrogens (tertiary/aromatic N) is 4. The largest absolute Gasteiger partial charge is 0.309 e. The van der Waals surface area contributed by atoms with Crippen molar-refractivity contribution in [3.8, 4) is 17.2 Å². The van der Waals surface area contributed by atoms with Crippen LogP contribution >= 0.6 is 11.6 Å². The van der Waals surface area contributed by atoms with Gasteiger partial charge in [0, 0.05) is 42.1 Å². The van der Waals surface area contributed by atoms with Gasteiger partial charge >= 0.3 is 0 Å². The number of nitrogens with one attached hydrogen (secondary N) is 2. The highest BCUT2D eigenvalue weighted by Gasteiger charge is 2.22. The van der Waals surface area contributed by atoms with Crippen LogP contribution in [0.1, 0.15) is 22.7 Å². The molecule has 0 saturated carbocycles. The van der Waals surface area contributed by atoms with E-state index in [0.29, 0.717) is 34.9 Å². The van der Waals surface area contributed by atoms with Gasteiger partial charge in [-0.3, -0.25) is 9.48 Å². The predicted octanol–water partition coefficient (Wildman–Crippen LogP) is 4.52. The standard InChI is InChI=1S/C26H23ClN6O/c1-33-17-21(16-31-33)20-10-11-24(30-15-20)32-26(34)25(22-4-2-3-5-23(22)27)29-13-12-18-6-8-19(14-28)9-7-18/h2-11,15-17,25,29H,12-13H2,1H3,(H,30,32,34)/t25-/m0/s1. The Labute approximate surface area is 203 Å². The van der Waals surface area contributed by atoms with Crippen LogP contribution in [-0.4, -0.2) is 27.2 Å². The Kier molecular flexibility index (Phi) is 7.33. The minimum absolute atomic E-state index is 0.255. The molecule has 2 heterocycles. The van der Waals surface area contributed by atoms with E-state index in [2.05, 4.69) is 26.8 Å². The maximum Gasteiger partial charge on any atom is 0.247 e. The smallest absolute Gasteiger partial charge is 0.247 e. The Hall–Kier alpha value is -3.99. The van der Waals surface area contributed by atoms with Crippen LogP contribution in [0.15, 0.2) is 79.3 Å². The van der Waals surface area contributed by atoms with Crippen LogP contribution in [0, 0.1) is 11.3 Å². The third kappa shape index (κ3) is 5.67. The van der Waals surface area contributed by atoms with E-state index in [-0.39, 0.29) is 5.91 Å². The number of amides is 1. The number of halogens is 1. The lowest BCUT2D eigenvalue weighted by Gasteiger charge is -2.20. The first-order chi connectivity index (χ1) is 16.5. The second-order valence-electron chi connectivity index (χ2n) is 7.79. The summed E-state index contributed by atoms with van der Waals surface area (Å²) in [4.78, 5) is 17.6. The fourth-order valence-corrected chi connectivity index (χ4v) is 3.81. The number of nitriles is 1. The number of benzene rings is 2. The molecule has 0 aliphatic heterocycles. The number of pyridine rings is 1. The van der Waals surface area contributed by atoms with Crippen LogP contribution < -0.4 is 10.6 Å². The maximum absolute atomic E-state index is 13.2. The number of aryl methyl sites for hydroxylation is 1. The van der Waals surface area contributed by atoms with Crippen LogP contribution in [0.2, 0.25) is 5.02 Å². The van der Waals surface area contributed by atoms with Crippen molar-refractivity contribution in [3.05, 3.63) is 101 Å². The van der Waals surface area contributed by atoms with E-state index in [1.807, 2.05) is 49.6 Å². The average Bonchev–Trinajstić information content (AvgIpc) is 3.29. The molecule has 0 aliphatic carbocycles. The summed E-state index contributed by atoms with van der Waals surface area (Å²) in [6.45, 7) is 0.544. The Morgan fingerprint density at radius 2 is 1.88 bits per heavy atom. The maximum atomic E-state index is 13.2. The Morgan fingerprint density at radius 1 is 1.09 bits per heavy atom. The summed E-state index contributed by atoms with van der Waals surface area (Å²) in [6, 6.07) is 19.8. The molecular weight excluding hydrogens is 448 g/mol. The summed E-state index contributed by atoms with van der Waals surface area (Å²) < 4.78 is 1.72. The molecule has 1 atom stereocenters. The first kappa shape index (κ1) is 23.2. The van der Waals surface area contributed by atoms with Crippen LogP contribution in [0.5, 0.6) is 0 Å². The highest BCUT2D eigenvalue weighted by molar-refractivity contribution is 6.31. The molecule has 34 heavy (non-hydrogen) atoms. The molecule has 0 unspecified atom stereocenters. The van der Waals surface area contributed by atoms with Gasteiger partial charge in [0.2, 0.25) is 5.91 Å². The van der Waals surface area contributed by atoms with E-state index >= 15 is 0 Å². The van der Waals surface area contributed by atoms with Gasteiger partial charge in [-0.25, -0.2) is 4.98 Å². The molecule has 0 spiro atoms. The number of carbonyl (C=O) groups excluding carboxylic acids is 1. The zero-order valence-corrected chi connectivity index (χ0v) is 19.3. The lowest BCUT2D eigenvalue weighted by Crippen LogP contribution is -2.34. The molecule has 1 amide bonds. The Morgan fingerprint density at radius 3 is 2.53 bits per heavy atom. The molecule has 8 heteroatoms. The van der Waals surface area contributed by atoms with Crippen LogP contribution in [0.4, 0.5) is 5.82 Å². The van der Waals surface area contributed by atoms with E-state index < -0.39 is 6.04 Å². The molecule has 2 aromatic carbocycles. The fourth-order valence-electron chi connectivity index (χ4n) is 3.57. The molecule has 0 aliphatic rings. The summed E-state index contributed by atoms with van der Waals surface area (Å²) in [6.07, 6.45) is 6.06. The highest BCUT2D eigenvalue weighted by atomic mass is 35.5. The summed E-state index contributed by atoms with van der Waals surface area (Å²) >= 11 is 6.41. The van der Waals surface area contributed by atoms with E-state index in [1.165, 1.54) is 0 Å². The quantitative estimate of drug-likeness (QED) is 0.394. The first-order valence-electron chi connectivity index (χ1n) is 10.8. The van der Waals surface area contributed by atoms with Gasteiger partial charge in [0.05, 0.1) is 17.8 Å². The van der Waals surface area contributed by atoms with E-state index in [1.54, 1.807) is 41.3 Å². The second-order valence-corrected chi connectivity index (χ2v) is 8.20. The molecule has 0 radical (unpaired) electrons. The molecule has 7 nitrogen and oxygen atoms in total. The van der Waals surface area contributed by atoms with Crippen LogP contribution in [0.25, 0.3) is 11.1 Å². The number of hydrogen-bond acceptors (Lipinski definition) is 5. The third-order valence-electron chi connectivity index (χ3n) is 5.38. The normalized spacial score (nSPS) is 11.6. The number of hydrogen-bond donors (Lipinski definition) is 2. The molecule has 4 rings (SSSR count). The molecule has 2 N–H and O–H groups in total. The van der Waals surface area contributed by atoms with Crippen molar-refractivity contribution in [2.45, 2.75) is 12.5 Å². The lowest BCUT2D eigenvalue weighted by atomic mass is 10.0. The highest BCUT2D eigenvalue weighted by Crippen LogP contribution is 2.25. The van der Waals surface area contributed by atoms with Crippen molar-refractivity contribution in [2.24, 2.45) is 7.05 Å². The van der Waals surface area contributed by atoms with Gasteiger partial charge in [-0.2, -0.15) is 10.4 Å². The van der Waals surface area contributed by atoms with Gasteiger partial charge in [-0.1, -0.05) is 41.9 Å². The van der Waals surface area contributed by atoms with Crippen molar-refractivity contribution in [2.75, 3.05) is 11.9 Å². The van der Waals surface area contributed by atoms with Gasteiger partial charge < -0.3 is 10.6 Å². The third-order valence-corrected chi connectivity index (χ3v) is 5.72. The van der Waals surface area contributed by atoms with E-state index in [4.69, 9.17) is 16.9 Å². The minimum Gasteiger partial charge on any atom is -0.309 e. The molecule has 170 valence electrons. The Bertz CT molecular complexity index is 1310. The molecule has 2 aromatic heterocycles. The van der Waals surface area contributed by atoms with Crippen LogP contribution in [-0.2, 0) is 18.3 Å². The predicted molar refractivity (Wildman–Crippen MR) is 132 cm³/mol. The van der Waals surface area contributed by atoms with E-state index in [0.717, 1.165) is 16.7 Å². The van der Waals surface area contributed by atoms with Crippen molar-refractivity contribution < 1.29 is 4.79 Å². The zero-order chi connectivity index (χ0) is 23.9. The van der Waals surface area contributed by atoms with Gasteiger partial charge in [-0.15, -0.1) is 0 Å². The average molecular weight is 471 g/mol. The lowest BCUT2D eigenvalue weighted by molar-refractivity contribution is -0.118. The van der Waals surface area contributed by atoms with E-state index in [9.17, 15) is 4.79 Å². The zero-order valence-electron chi connectivity index (χ0n) is 18.6. The summed E-state index contributed by atoms with van der Waals surface area (Å²) in [5.41, 5.74) is 4.23. The van der Waals surface area contributed by atoms with Gasteiger partial charge in [-0.05, 0) is 47.9 Å². The van der Waals surface area contributed by atoms with Crippen molar-refractivity contribution in [1.29, 1.82) is 5.26 Å². The van der Waals surface area contributed by atoms with Gasteiger partial charge in [0.1, 0.15) is 11.9 Å². The second kappa shape index (κ2) is 10.8. The monoisotopic (exact) mass is 470 g/mol. The number of carbonyl (C=O) groups is 1. The van der Waals surface area contributed by atoms with Crippen molar-refractivity contribution in [1.82, 2.24) is 20.1 Å². The van der Waals surface area contributed by atoms with Crippen molar-refractivity contribution in [3.63, 3.8) is 0 Å². The SMILES string of the molecule is Cn1cc(-c2ccc(NC(=O)[C@@H](NCCc3ccc(C#N)cc3)c3ccccc3Cl)nc2)cn1. The van der Waals surface area contributed by atoms with Gasteiger partial charge in [0.25, 0.3) is 0 Å². The van der Waals surface area contributed by atoms with Crippen molar-refractivity contribution >= 4 is 23.3 Å². The molecule has 4 aromatic rings. The molecular formula is C26H23ClN6O. The topological polar surface area (TPSA) is 95.6 Å². The first-order valence-corrected chi connectivity index (χ1v) is 11.1. The summed E-state index contributed by atoms with van der Waals surface area (Å²) in [5, 5.41) is 19.8. The molecule has 0 fully saturated rings.